The molecular formula is C28H33N5O4S3. The Morgan fingerprint density at radius 2 is 1.98 bits per heavy atom. The van der Waals surface area contributed by atoms with Gasteiger partial charge in [0.05, 0.1) is 45.7 Å². The van der Waals surface area contributed by atoms with Gasteiger partial charge in [-0.25, -0.2) is 23.4 Å². The lowest BCUT2D eigenvalue weighted by molar-refractivity contribution is 0.271. The van der Waals surface area contributed by atoms with Crippen LogP contribution in [-0.4, -0.2) is 35.6 Å². The van der Waals surface area contributed by atoms with Crippen molar-refractivity contribution in [1.29, 1.82) is 0 Å². The molecule has 1 saturated carbocycles. The van der Waals surface area contributed by atoms with Gasteiger partial charge >= 0.3 is 0 Å². The van der Waals surface area contributed by atoms with Gasteiger partial charge in [-0.15, -0.1) is 11.3 Å². The predicted molar refractivity (Wildman–Crippen MR) is 160 cm³/mol. The maximum absolute atomic E-state index is 13.1. The van der Waals surface area contributed by atoms with Crippen LogP contribution in [-0.2, 0) is 23.1 Å². The number of ether oxygens (including phenoxy) is 2. The van der Waals surface area contributed by atoms with Crippen molar-refractivity contribution >= 4 is 49.6 Å². The minimum atomic E-state index is -1.18. The molecular weight excluding hydrogens is 567 g/mol. The van der Waals surface area contributed by atoms with Crippen LogP contribution < -0.4 is 14.2 Å². The van der Waals surface area contributed by atoms with Gasteiger partial charge in [0.15, 0.2) is 5.76 Å². The highest BCUT2D eigenvalue weighted by Gasteiger charge is 2.40. The Bertz CT molecular complexity index is 1660. The molecule has 6 rings (SSSR count). The fourth-order valence-electron chi connectivity index (χ4n) is 4.95. The first-order chi connectivity index (χ1) is 19.1. The van der Waals surface area contributed by atoms with E-state index in [1.807, 2.05) is 57.5 Å². The lowest BCUT2D eigenvalue weighted by atomic mass is 9.83. The van der Waals surface area contributed by atoms with E-state index >= 15 is 0 Å². The van der Waals surface area contributed by atoms with Gasteiger partial charge in [-0.3, -0.25) is 0 Å². The fraction of sp³-hybridized carbons (Fsp3) is 0.464. The standard InChI is InChI=1S/C28H33N5O4S3/c1-17-31-33-14-21(30-26(33)39-17)24-13-20-22(11-19(35-5)12-23(20)37-24)36-15-18-16-38-25(29-18)28(9-7-6-8-10-28)32-40(34)27(2,3)4/h11-14,16,32H,6-10,15H2,1-5H3/t40-/m1/s1. The number of rotatable bonds is 8. The Morgan fingerprint density at radius 1 is 1.18 bits per heavy atom. The SMILES string of the molecule is COc1cc(OCc2csc(C3(N[S@](=O)C(C)(C)C)CCCCC3)n2)c2cc(-c3cn4nc(C)sc4n3)oc2c1. The molecule has 0 amide bonds. The number of methoxy groups -OCH3 is 1. The summed E-state index contributed by atoms with van der Waals surface area (Å²) >= 11 is 3.14. The molecule has 12 heteroatoms. The van der Waals surface area contributed by atoms with E-state index in [4.69, 9.17) is 18.9 Å². The van der Waals surface area contributed by atoms with Crippen LogP contribution >= 0.6 is 22.7 Å². The van der Waals surface area contributed by atoms with Crippen molar-refractivity contribution in [1.82, 2.24) is 24.3 Å². The Labute approximate surface area is 243 Å². The predicted octanol–water partition coefficient (Wildman–Crippen LogP) is 6.77. The molecule has 0 radical (unpaired) electrons. The molecule has 4 aromatic heterocycles. The van der Waals surface area contributed by atoms with Crippen molar-refractivity contribution in [2.75, 3.05) is 7.11 Å². The molecule has 1 aromatic carbocycles. The monoisotopic (exact) mass is 599 g/mol. The summed E-state index contributed by atoms with van der Waals surface area (Å²) in [5.41, 5.74) is 1.83. The average molecular weight is 600 g/mol. The number of hydrogen-bond acceptors (Lipinski definition) is 9. The van der Waals surface area contributed by atoms with Crippen LogP contribution in [0.2, 0.25) is 0 Å². The molecule has 0 unspecified atom stereocenters. The van der Waals surface area contributed by atoms with E-state index in [-0.39, 0.29) is 10.3 Å². The summed E-state index contributed by atoms with van der Waals surface area (Å²) in [7, 11) is 0.437. The largest absolute Gasteiger partial charge is 0.496 e. The third-order valence-corrected chi connectivity index (χ3v) is 10.7. The molecule has 212 valence electrons. The first-order valence-corrected chi connectivity index (χ1v) is 16.2. The van der Waals surface area contributed by atoms with E-state index in [0.717, 1.165) is 51.7 Å². The van der Waals surface area contributed by atoms with E-state index in [2.05, 4.69) is 14.8 Å². The summed E-state index contributed by atoms with van der Waals surface area (Å²) in [6.45, 7) is 8.24. The lowest BCUT2D eigenvalue weighted by Crippen LogP contribution is -2.49. The molecule has 5 aromatic rings. The van der Waals surface area contributed by atoms with E-state index in [9.17, 15) is 4.21 Å². The summed E-state index contributed by atoms with van der Waals surface area (Å²) in [5, 5.41) is 9.25. The maximum atomic E-state index is 13.1. The maximum Gasteiger partial charge on any atom is 0.212 e. The third kappa shape index (κ3) is 5.29. The van der Waals surface area contributed by atoms with E-state index in [0.29, 0.717) is 35.1 Å². The summed E-state index contributed by atoms with van der Waals surface area (Å²) in [6, 6.07) is 5.65. The first-order valence-electron chi connectivity index (χ1n) is 13.4. The van der Waals surface area contributed by atoms with Crippen molar-refractivity contribution in [3.05, 3.63) is 45.5 Å². The summed E-state index contributed by atoms with van der Waals surface area (Å²) in [5.74, 6) is 1.92. The highest BCUT2D eigenvalue weighted by atomic mass is 32.2. The van der Waals surface area contributed by atoms with Gasteiger partial charge in [-0.2, -0.15) is 5.10 Å². The molecule has 4 heterocycles. The minimum Gasteiger partial charge on any atom is -0.496 e. The molecule has 1 fully saturated rings. The van der Waals surface area contributed by atoms with Crippen LogP contribution in [0.25, 0.3) is 27.4 Å². The van der Waals surface area contributed by atoms with Crippen LogP contribution in [0.15, 0.2) is 34.2 Å². The number of hydrogen-bond donors (Lipinski definition) is 1. The number of fused-ring (bicyclic) bond motifs is 2. The highest BCUT2D eigenvalue weighted by Crippen LogP contribution is 2.41. The van der Waals surface area contributed by atoms with Gasteiger partial charge in [0.25, 0.3) is 0 Å². The quantitative estimate of drug-likeness (QED) is 0.210. The van der Waals surface area contributed by atoms with Crippen LogP contribution in [0, 0.1) is 6.92 Å². The zero-order chi connectivity index (χ0) is 28.1. The molecule has 0 saturated heterocycles. The lowest BCUT2D eigenvalue weighted by Gasteiger charge is -2.37. The molecule has 0 bridgehead atoms. The number of nitrogens with zero attached hydrogens (tertiary/aromatic N) is 4. The van der Waals surface area contributed by atoms with Crippen LogP contribution in [0.1, 0.15) is 68.6 Å². The number of benzene rings is 1. The summed E-state index contributed by atoms with van der Waals surface area (Å²) < 4.78 is 36.0. The van der Waals surface area contributed by atoms with E-state index in [1.165, 1.54) is 17.8 Å². The zero-order valence-corrected chi connectivity index (χ0v) is 25.7. The van der Waals surface area contributed by atoms with Crippen LogP contribution in [0.5, 0.6) is 11.5 Å². The van der Waals surface area contributed by atoms with Crippen LogP contribution in [0.3, 0.4) is 0 Å². The molecule has 1 aliphatic carbocycles. The van der Waals surface area contributed by atoms with E-state index in [1.54, 1.807) is 23.0 Å². The second-order valence-corrected chi connectivity index (χ2v) is 15.2. The van der Waals surface area contributed by atoms with Crippen molar-refractivity contribution < 1.29 is 18.1 Å². The van der Waals surface area contributed by atoms with Gasteiger partial charge in [-0.05, 0) is 46.6 Å². The molecule has 1 aliphatic rings. The van der Waals surface area contributed by atoms with Crippen molar-refractivity contribution in [3.63, 3.8) is 0 Å². The van der Waals surface area contributed by atoms with E-state index < -0.39 is 11.0 Å². The van der Waals surface area contributed by atoms with Crippen LogP contribution in [0.4, 0.5) is 0 Å². The Morgan fingerprint density at radius 3 is 2.70 bits per heavy atom. The third-order valence-electron chi connectivity index (χ3n) is 7.09. The highest BCUT2D eigenvalue weighted by molar-refractivity contribution is 7.84. The average Bonchev–Trinajstić information content (AvgIpc) is 3.70. The summed E-state index contributed by atoms with van der Waals surface area (Å²) in [4.78, 5) is 10.5. The Balaban J connectivity index is 1.26. The zero-order valence-electron chi connectivity index (χ0n) is 23.3. The van der Waals surface area contributed by atoms with Gasteiger partial charge in [0.2, 0.25) is 4.96 Å². The topological polar surface area (TPSA) is 104 Å². The molecule has 1 atom stereocenters. The second-order valence-electron chi connectivity index (χ2n) is 11.2. The summed E-state index contributed by atoms with van der Waals surface area (Å²) in [6.07, 6.45) is 7.10. The molecule has 9 nitrogen and oxygen atoms in total. The Kier molecular flexibility index (Phi) is 7.22. The smallest absolute Gasteiger partial charge is 0.212 e. The molecule has 1 N–H and O–H groups in total. The number of thiazole rings is 1. The number of imidazole rings is 1. The number of nitrogens with one attached hydrogen (secondary N) is 1. The van der Waals surface area contributed by atoms with Crippen molar-refractivity contribution in [2.24, 2.45) is 0 Å². The van der Waals surface area contributed by atoms with Gasteiger partial charge < -0.3 is 13.9 Å². The molecule has 40 heavy (non-hydrogen) atoms. The van der Waals surface area contributed by atoms with Crippen molar-refractivity contribution in [3.8, 4) is 23.0 Å². The van der Waals surface area contributed by atoms with Gasteiger partial charge in [0, 0.05) is 17.5 Å². The number of aromatic nitrogens is 4. The first kappa shape index (κ1) is 27.4. The minimum absolute atomic E-state index is 0.293. The number of aryl methyl sites for hydroxylation is 1. The fourth-order valence-corrected chi connectivity index (χ4v) is 7.72. The normalized spacial score (nSPS) is 16.5. The molecule has 0 aliphatic heterocycles. The van der Waals surface area contributed by atoms with Gasteiger partial charge in [-0.1, -0.05) is 30.6 Å². The molecule has 0 spiro atoms. The Hall–Kier alpha value is -2.80. The van der Waals surface area contributed by atoms with Gasteiger partial charge in [0.1, 0.15) is 39.4 Å². The number of furan rings is 1. The second kappa shape index (κ2) is 10.6. The van der Waals surface area contributed by atoms with Crippen molar-refractivity contribution in [2.45, 2.75) is 76.7 Å².